The van der Waals surface area contributed by atoms with Crippen LogP contribution >= 0.6 is 0 Å². The van der Waals surface area contributed by atoms with Crippen LogP contribution in [0.1, 0.15) is 41.5 Å². The minimum Gasteiger partial charge on any atom is -0.477 e. The van der Waals surface area contributed by atoms with E-state index in [0.29, 0.717) is 18.4 Å². The van der Waals surface area contributed by atoms with Gasteiger partial charge < -0.3 is 14.0 Å². The molecule has 0 radical (unpaired) electrons. The van der Waals surface area contributed by atoms with Crippen molar-refractivity contribution in [2.75, 3.05) is 6.61 Å². The van der Waals surface area contributed by atoms with Crippen LogP contribution in [0.15, 0.2) is 18.3 Å². The third kappa shape index (κ3) is 3.15. The van der Waals surface area contributed by atoms with Gasteiger partial charge in [0.25, 0.3) is 0 Å². The lowest BCUT2D eigenvalue weighted by molar-refractivity contribution is 0.00578. The summed E-state index contributed by atoms with van der Waals surface area (Å²) in [6.07, 6.45) is 1.73. The summed E-state index contributed by atoms with van der Waals surface area (Å²) in [6, 6.07) is 3.80. The van der Waals surface area contributed by atoms with Crippen LogP contribution in [0.3, 0.4) is 0 Å². The molecule has 1 saturated heterocycles. The molecule has 0 bridgehead atoms. The van der Waals surface area contributed by atoms with Crippen LogP contribution in [0.5, 0.6) is 5.88 Å². The number of pyridine rings is 1. The first-order valence-electron chi connectivity index (χ1n) is 7.16. The lowest BCUT2D eigenvalue weighted by Gasteiger charge is -2.32. The Balaban J connectivity index is 2.12. The largest absolute Gasteiger partial charge is 0.495 e. The Bertz CT molecular complexity index is 458. The minimum absolute atomic E-state index is 0.333. The molecule has 0 amide bonds. The second kappa shape index (κ2) is 5.37. The van der Waals surface area contributed by atoms with E-state index in [0.717, 1.165) is 5.46 Å². The summed E-state index contributed by atoms with van der Waals surface area (Å²) in [5.74, 6) is 1.09. The van der Waals surface area contributed by atoms with Gasteiger partial charge in [-0.05, 0) is 45.1 Å². The third-order valence-corrected chi connectivity index (χ3v) is 3.85. The maximum atomic E-state index is 6.03. The maximum Gasteiger partial charge on any atom is 0.495 e. The molecule has 0 aliphatic carbocycles. The standard InChI is InChI=1S/C15H24BNO3/c1-11(2)10-18-13-9-12(7-8-17-13)16-19-14(3,4)15(5,6)20-16/h7-9,11H,10H2,1-6H3. The van der Waals surface area contributed by atoms with Crippen LogP contribution in [-0.2, 0) is 9.31 Å². The van der Waals surface area contributed by atoms with Gasteiger partial charge in [0.1, 0.15) is 0 Å². The molecule has 0 unspecified atom stereocenters. The molecule has 1 aliphatic heterocycles. The fourth-order valence-corrected chi connectivity index (χ4v) is 1.88. The molecular weight excluding hydrogens is 253 g/mol. The van der Waals surface area contributed by atoms with Gasteiger partial charge in [-0.15, -0.1) is 0 Å². The van der Waals surface area contributed by atoms with E-state index >= 15 is 0 Å². The van der Waals surface area contributed by atoms with E-state index in [9.17, 15) is 0 Å². The predicted molar refractivity (Wildman–Crippen MR) is 80.3 cm³/mol. The van der Waals surface area contributed by atoms with Crippen molar-refractivity contribution in [2.24, 2.45) is 5.92 Å². The molecule has 0 aromatic carbocycles. The van der Waals surface area contributed by atoms with E-state index in [2.05, 4.69) is 18.8 Å². The molecular formula is C15H24BNO3. The molecule has 5 heteroatoms. The lowest BCUT2D eigenvalue weighted by Crippen LogP contribution is -2.41. The fourth-order valence-electron chi connectivity index (χ4n) is 1.88. The highest BCUT2D eigenvalue weighted by molar-refractivity contribution is 6.62. The Kier molecular flexibility index (Phi) is 4.12. The van der Waals surface area contributed by atoms with Gasteiger partial charge in [0.05, 0.1) is 17.8 Å². The Hall–Kier alpha value is -1.07. The molecule has 1 aromatic rings. The molecule has 1 aromatic heterocycles. The highest BCUT2D eigenvalue weighted by atomic mass is 16.7. The molecule has 2 rings (SSSR count). The first-order valence-corrected chi connectivity index (χ1v) is 7.16. The zero-order chi connectivity index (χ0) is 15.0. The van der Waals surface area contributed by atoms with Crippen molar-refractivity contribution in [1.29, 1.82) is 0 Å². The van der Waals surface area contributed by atoms with Crippen molar-refractivity contribution < 1.29 is 14.0 Å². The molecule has 110 valence electrons. The van der Waals surface area contributed by atoms with Crippen molar-refractivity contribution in [3.05, 3.63) is 18.3 Å². The number of hydrogen-bond acceptors (Lipinski definition) is 4. The molecule has 0 N–H and O–H groups in total. The average molecular weight is 277 g/mol. The van der Waals surface area contributed by atoms with Crippen molar-refractivity contribution in [3.63, 3.8) is 0 Å². The first-order chi connectivity index (χ1) is 9.21. The number of hydrogen-bond donors (Lipinski definition) is 0. The number of aromatic nitrogens is 1. The summed E-state index contributed by atoms with van der Waals surface area (Å²) in [7, 11) is -0.371. The van der Waals surface area contributed by atoms with Crippen LogP contribution in [0.4, 0.5) is 0 Å². The zero-order valence-corrected chi connectivity index (χ0v) is 13.3. The molecule has 1 fully saturated rings. The first kappa shape index (κ1) is 15.3. The Morgan fingerprint density at radius 1 is 1.20 bits per heavy atom. The number of nitrogens with zero attached hydrogens (tertiary/aromatic N) is 1. The third-order valence-electron chi connectivity index (χ3n) is 3.85. The number of ether oxygens (including phenoxy) is 1. The summed E-state index contributed by atoms with van der Waals surface area (Å²) >= 11 is 0. The van der Waals surface area contributed by atoms with Gasteiger partial charge in [-0.2, -0.15) is 0 Å². The highest BCUT2D eigenvalue weighted by Gasteiger charge is 2.51. The van der Waals surface area contributed by atoms with Gasteiger partial charge in [0, 0.05) is 12.3 Å². The SMILES string of the molecule is CC(C)COc1cc(B2OC(C)(C)C(C)(C)O2)ccn1. The minimum atomic E-state index is -0.371. The van der Waals surface area contributed by atoms with Crippen LogP contribution in [0.2, 0.25) is 0 Å². The molecule has 4 nitrogen and oxygen atoms in total. The van der Waals surface area contributed by atoms with Crippen molar-refractivity contribution in [1.82, 2.24) is 4.98 Å². The Labute approximate surface area is 122 Å². The van der Waals surface area contributed by atoms with E-state index < -0.39 is 0 Å². The van der Waals surface area contributed by atoms with Gasteiger partial charge in [0.15, 0.2) is 0 Å². The van der Waals surface area contributed by atoms with E-state index in [1.54, 1.807) is 6.20 Å². The zero-order valence-electron chi connectivity index (χ0n) is 13.3. The van der Waals surface area contributed by atoms with Crippen LogP contribution in [0.25, 0.3) is 0 Å². The summed E-state index contributed by atoms with van der Waals surface area (Å²) in [6.45, 7) is 13.1. The van der Waals surface area contributed by atoms with Gasteiger partial charge >= 0.3 is 7.12 Å². The second-order valence-electron chi connectivity index (χ2n) is 6.72. The maximum absolute atomic E-state index is 6.03. The Morgan fingerprint density at radius 2 is 1.80 bits per heavy atom. The summed E-state index contributed by atoms with van der Waals surface area (Å²) in [5.41, 5.74) is 0.275. The molecule has 0 atom stereocenters. The molecule has 1 aliphatic rings. The monoisotopic (exact) mass is 277 g/mol. The van der Waals surface area contributed by atoms with Crippen molar-refractivity contribution >= 4 is 12.6 Å². The summed E-state index contributed by atoms with van der Waals surface area (Å²) in [4.78, 5) is 4.22. The van der Waals surface area contributed by atoms with Crippen LogP contribution in [0, 0.1) is 5.92 Å². The van der Waals surface area contributed by atoms with Gasteiger partial charge in [0.2, 0.25) is 5.88 Å². The smallest absolute Gasteiger partial charge is 0.477 e. The van der Waals surface area contributed by atoms with E-state index in [1.165, 1.54) is 0 Å². The van der Waals surface area contributed by atoms with Gasteiger partial charge in [-0.1, -0.05) is 13.8 Å². The highest BCUT2D eigenvalue weighted by Crippen LogP contribution is 2.36. The van der Waals surface area contributed by atoms with Crippen molar-refractivity contribution in [3.8, 4) is 5.88 Å². The molecule has 2 heterocycles. The summed E-state index contributed by atoms with van der Waals surface area (Å²) in [5, 5.41) is 0. The average Bonchev–Trinajstić information content (AvgIpc) is 2.56. The van der Waals surface area contributed by atoms with Crippen molar-refractivity contribution in [2.45, 2.75) is 52.7 Å². The van der Waals surface area contributed by atoms with Crippen LogP contribution < -0.4 is 10.2 Å². The number of rotatable bonds is 4. The van der Waals surface area contributed by atoms with Crippen LogP contribution in [-0.4, -0.2) is 29.9 Å². The topological polar surface area (TPSA) is 40.6 Å². The quantitative estimate of drug-likeness (QED) is 0.792. The molecule has 0 saturated carbocycles. The molecule has 0 spiro atoms. The van der Waals surface area contributed by atoms with E-state index in [-0.39, 0.29) is 18.3 Å². The summed E-state index contributed by atoms with van der Waals surface area (Å²) < 4.78 is 17.7. The lowest BCUT2D eigenvalue weighted by atomic mass is 9.80. The Morgan fingerprint density at radius 3 is 2.35 bits per heavy atom. The fraction of sp³-hybridized carbons (Fsp3) is 0.667. The predicted octanol–water partition coefficient (Wildman–Crippen LogP) is 2.42. The van der Waals surface area contributed by atoms with Gasteiger partial charge in [-0.3, -0.25) is 0 Å². The van der Waals surface area contributed by atoms with E-state index in [1.807, 2.05) is 39.8 Å². The van der Waals surface area contributed by atoms with Gasteiger partial charge in [-0.25, -0.2) is 4.98 Å². The second-order valence-corrected chi connectivity index (χ2v) is 6.72. The van der Waals surface area contributed by atoms with E-state index in [4.69, 9.17) is 14.0 Å². The molecule has 20 heavy (non-hydrogen) atoms. The normalized spacial score (nSPS) is 20.4.